The first kappa shape index (κ1) is 9.69. The van der Waals surface area contributed by atoms with E-state index in [1.54, 1.807) is 6.26 Å². The van der Waals surface area contributed by atoms with Gasteiger partial charge in [0.1, 0.15) is 5.76 Å². The van der Waals surface area contributed by atoms with E-state index in [4.69, 9.17) is 4.42 Å². The maximum atomic E-state index is 5.21. The number of hydrogen-bond acceptors (Lipinski definition) is 2. The van der Waals surface area contributed by atoms with Crippen LogP contribution in [0, 0.1) is 6.92 Å². The maximum absolute atomic E-state index is 5.21. The topological polar surface area (TPSA) is 16.4 Å². The predicted molar refractivity (Wildman–Crippen MR) is 53.5 cm³/mol. The van der Waals surface area contributed by atoms with Crippen LogP contribution in [-0.4, -0.2) is 19.0 Å². The number of furan rings is 1. The van der Waals surface area contributed by atoms with E-state index in [2.05, 4.69) is 12.3 Å². The predicted octanol–water partition coefficient (Wildman–Crippen LogP) is 2.36. The highest BCUT2D eigenvalue weighted by Crippen LogP contribution is 2.14. The van der Waals surface area contributed by atoms with Gasteiger partial charge in [0, 0.05) is 20.5 Å². The minimum Gasteiger partial charge on any atom is -0.469 e. The number of aryl methyl sites for hydroxylation is 1. The molecule has 1 aromatic rings. The molecule has 0 aliphatic carbocycles. The summed E-state index contributed by atoms with van der Waals surface area (Å²) in [7, 11) is 3.98. The van der Waals surface area contributed by atoms with Crippen LogP contribution in [0.1, 0.15) is 11.3 Å². The van der Waals surface area contributed by atoms with Crippen molar-refractivity contribution in [3.05, 3.63) is 41.7 Å². The Morgan fingerprint density at radius 1 is 1.62 bits per heavy atom. The van der Waals surface area contributed by atoms with Crippen LogP contribution in [0.15, 0.2) is 34.8 Å². The first-order chi connectivity index (χ1) is 6.15. The molecule has 0 radical (unpaired) electrons. The van der Waals surface area contributed by atoms with Gasteiger partial charge in [0.15, 0.2) is 0 Å². The molecule has 1 rings (SSSR count). The molecular formula is C11H15NO. The lowest BCUT2D eigenvalue weighted by molar-refractivity contribution is 0.494. The van der Waals surface area contributed by atoms with Crippen LogP contribution in [-0.2, 0) is 6.42 Å². The lowest BCUT2D eigenvalue weighted by atomic mass is 10.1. The minimum atomic E-state index is 0.832. The van der Waals surface area contributed by atoms with Crippen LogP contribution in [0.25, 0.3) is 0 Å². The molecule has 13 heavy (non-hydrogen) atoms. The molecule has 0 saturated heterocycles. The molecule has 0 atom stereocenters. The second-order valence-electron chi connectivity index (χ2n) is 3.20. The zero-order valence-electron chi connectivity index (χ0n) is 8.42. The fraction of sp³-hybridized carbons (Fsp3) is 0.364. The minimum absolute atomic E-state index is 0.832. The Morgan fingerprint density at radius 3 is 2.69 bits per heavy atom. The van der Waals surface area contributed by atoms with Crippen LogP contribution >= 0.6 is 0 Å². The summed E-state index contributed by atoms with van der Waals surface area (Å²) in [5.41, 5.74) is 5.19. The number of likely N-dealkylation sites (N-methyl/N-ethyl adjacent to an activating group) is 1. The highest BCUT2D eigenvalue weighted by atomic mass is 16.3. The Hall–Kier alpha value is -1.40. The summed E-state index contributed by atoms with van der Waals surface area (Å²) in [6.45, 7) is 5.62. The average molecular weight is 177 g/mol. The third-order valence-corrected chi connectivity index (χ3v) is 2.07. The van der Waals surface area contributed by atoms with Crippen LogP contribution in [0.2, 0.25) is 0 Å². The van der Waals surface area contributed by atoms with E-state index in [0.717, 1.165) is 17.9 Å². The normalized spacial score (nSPS) is 9.46. The first-order valence-corrected chi connectivity index (χ1v) is 4.24. The van der Waals surface area contributed by atoms with Gasteiger partial charge in [0.2, 0.25) is 0 Å². The highest BCUT2D eigenvalue weighted by molar-refractivity contribution is 5.21. The second-order valence-corrected chi connectivity index (χ2v) is 3.20. The van der Waals surface area contributed by atoms with Gasteiger partial charge in [0.05, 0.1) is 12.0 Å². The summed E-state index contributed by atoms with van der Waals surface area (Å²) in [4.78, 5) is 2.01. The Bertz CT molecular complexity index is 330. The molecule has 0 saturated carbocycles. The summed E-state index contributed by atoms with van der Waals surface area (Å²) in [5.74, 6) is 0.967. The number of rotatable bonds is 3. The average Bonchev–Trinajstić information content (AvgIpc) is 2.46. The van der Waals surface area contributed by atoms with E-state index in [1.165, 1.54) is 5.56 Å². The molecule has 0 bridgehead atoms. The molecule has 0 aliphatic rings. The van der Waals surface area contributed by atoms with E-state index in [1.807, 2.05) is 32.0 Å². The molecule has 2 nitrogen and oxygen atoms in total. The van der Waals surface area contributed by atoms with Gasteiger partial charge >= 0.3 is 0 Å². The maximum Gasteiger partial charge on any atom is 0.104 e. The largest absolute Gasteiger partial charge is 0.469 e. The van der Waals surface area contributed by atoms with Crippen LogP contribution in [0.4, 0.5) is 0 Å². The van der Waals surface area contributed by atoms with Gasteiger partial charge in [0.25, 0.3) is 0 Å². The molecule has 0 fully saturated rings. The van der Waals surface area contributed by atoms with Crippen molar-refractivity contribution in [2.45, 2.75) is 13.3 Å². The Labute approximate surface area is 79.2 Å². The number of hydrogen-bond donors (Lipinski definition) is 0. The highest BCUT2D eigenvalue weighted by Gasteiger charge is 2.05. The van der Waals surface area contributed by atoms with Gasteiger partial charge in [-0.3, -0.25) is 0 Å². The molecular weight excluding hydrogens is 162 g/mol. The van der Waals surface area contributed by atoms with E-state index in [0.29, 0.717) is 0 Å². The smallest absolute Gasteiger partial charge is 0.104 e. The lowest BCUT2D eigenvalue weighted by Crippen LogP contribution is -2.12. The SMILES string of the molecule is C=C=C(Cc1ccoc1C)N(C)C. The van der Waals surface area contributed by atoms with E-state index in [-0.39, 0.29) is 0 Å². The summed E-state index contributed by atoms with van der Waals surface area (Å²) in [5, 5.41) is 0. The van der Waals surface area contributed by atoms with Crippen molar-refractivity contribution >= 4 is 0 Å². The van der Waals surface area contributed by atoms with Crippen molar-refractivity contribution in [3.8, 4) is 0 Å². The fourth-order valence-electron chi connectivity index (χ4n) is 1.15. The van der Waals surface area contributed by atoms with Crippen molar-refractivity contribution in [1.82, 2.24) is 4.90 Å². The summed E-state index contributed by atoms with van der Waals surface area (Å²) in [6.07, 6.45) is 2.54. The van der Waals surface area contributed by atoms with Gasteiger partial charge < -0.3 is 9.32 Å². The molecule has 70 valence electrons. The van der Waals surface area contributed by atoms with Gasteiger partial charge in [-0.25, -0.2) is 0 Å². The summed E-state index contributed by atoms with van der Waals surface area (Å²) in [6, 6.07) is 1.98. The van der Waals surface area contributed by atoms with E-state index in [9.17, 15) is 0 Å². The molecule has 0 amide bonds. The molecule has 0 aliphatic heterocycles. The summed E-state index contributed by atoms with van der Waals surface area (Å²) >= 11 is 0. The Morgan fingerprint density at radius 2 is 2.31 bits per heavy atom. The molecule has 2 heteroatoms. The van der Waals surface area contributed by atoms with Crippen molar-refractivity contribution in [3.63, 3.8) is 0 Å². The molecule has 1 aromatic heterocycles. The summed E-state index contributed by atoms with van der Waals surface area (Å²) < 4.78 is 5.21. The van der Waals surface area contributed by atoms with Gasteiger partial charge in [-0.05, 0) is 18.6 Å². The Balaban J connectivity index is 2.80. The number of nitrogens with zero attached hydrogens (tertiary/aromatic N) is 1. The second kappa shape index (κ2) is 4.01. The zero-order chi connectivity index (χ0) is 9.84. The lowest BCUT2D eigenvalue weighted by Gasteiger charge is -2.14. The monoisotopic (exact) mass is 177 g/mol. The van der Waals surface area contributed by atoms with Gasteiger partial charge in [-0.2, -0.15) is 0 Å². The zero-order valence-corrected chi connectivity index (χ0v) is 8.42. The van der Waals surface area contributed by atoms with Gasteiger partial charge in [-0.15, -0.1) is 5.73 Å². The van der Waals surface area contributed by atoms with E-state index >= 15 is 0 Å². The van der Waals surface area contributed by atoms with Gasteiger partial charge in [-0.1, -0.05) is 6.58 Å². The molecule has 0 spiro atoms. The quantitative estimate of drug-likeness (QED) is 0.659. The molecule has 0 aromatic carbocycles. The van der Waals surface area contributed by atoms with E-state index < -0.39 is 0 Å². The van der Waals surface area contributed by atoms with Crippen LogP contribution < -0.4 is 0 Å². The van der Waals surface area contributed by atoms with Crippen molar-refractivity contribution in [2.75, 3.05) is 14.1 Å². The third kappa shape index (κ3) is 2.27. The van der Waals surface area contributed by atoms with Crippen molar-refractivity contribution < 1.29 is 4.42 Å². The van der Waals surface area contributed by atoms with Crippen molar-refractivity contribution in [2.24, 2.45) is 0 Å². The third-order valence-electron chi connectivity index (χ3n) is 2.07. The van der Waals surface area contributed by atoms with Crippen LogP contribution in [0.5, 0.6) is 0 Å². The molecule has 0 N–H and O–H groups in total. The van der Waals surface area contributed by atoms with Crippen molar-refractivity contribution in [1.29, 1.82) is 0 Å². The Kier molecular flexibility index (Phi) is 2.99. The van der Waals surface area contributed by atoms with Crippen LogP contribution in [0.3, 0.4) is 0 Å². The molecule has 1 heterocycles. The first-order valence-electron chi connectivity index (χ1n) is 4.24. The number of allylic oxidation sites excluding steroid dienone is 1. The standard InChI is InChI=1S/C11H15NO/c1-5-11(12(3)4)8-10-6-7-13-9(10)2/h6-7H,1,8H2,2-4H3. The molecule has 0 unspecified atom stereocenters. The fourth-order valence-corrected chi connectivity index (χ4v) is 1.15.